The van der Waals surface area contributed by atoms with Gasteiger partial charge in [0.1, 0.15) is 6.17 Å². The van der Waals surface area contributed by atoms with E-state index in [1.807, 2.05) is 0 Å². The molecule has 14 heteroatoms. The molecule has 0 aliphatic carbocycles. The van der Waals surface area contributed by atoms with E-state index in [4.69, 9.17) is 0 Å². The zero-order valence-corrected chi connectivity index (χ0v) is 13.8. The molecule has 24 heavy (non-hydrogen) atoms. The summed E-state index contributed by atoms with van der Waals surface area (Å²) in [4.78, 5) is 23.4. The van der Waals surface area contributed by atoms with Crippen LogP contribution in [0.4, 0.5) is 26.3 Å². The zero-order chi connectivity index (χ0) is 18.7. The van der Waals surface area contributed by atoms with E-state index in [-0.39, 0.29) is 13.1 Å². The molecule has 0 spiro atoms. The maximum absolute atomic E-state index is 12.3. The average molecular weight is 402 g/mol. The first kappa shape index (κ1) is 21.2. The number of carbonyl (C=O) groups is 2. The van der Waals surface area contributed by atoms with E-state index in [9.17, 15) is 35.9 Å². The topological polar surface area (TPSA) is 59.1 Å². The molecule has 6 nitrogen and oxygen atoms in total. The Morgan fingerprint density at radius 1 is 0.917 bits per heavy atom. The first-order valence-corrected chi connectivity index (χ1v) is 8.46. The van der Waals surface area contributed by atoms with Crippen LogP contribution >= 0.6 is 23.9 Å². The highest BCUT2D eigenvalue weighted by Gasteiger charge is 2.52. The minimum atomic E-state index is -5.44. The average Bonchev–Trinajstić information content (AvgIpc) is 2.77. The van der Waals surface area contributed by atoms with Crippen molar-refractivity contribution in [1.82, 2.24) is 8.61 Å². The number of hydrogen-bond donors (Lipinski definition) is 0. The summed E-state index contributed by atoms with van der Waals surface area (Å²) < 4.78 is 82.5. The predicted molar refractivity (Wildman–Crippen MR) is 72.0 cm³/mol. The summed E-state index contributed by atoms with van der Waals surface area (Å²) >= 11 is 1.92. The van der Waals surface area contributed by atoms with E-state index < -0.39 is 36.7 Å². The number of nitrogens with zero attached hydrogens (tertiary/aromatic N) is 2. The molecular formula is C10H12F6N2O4S2. The molecule has 1 heterocycles. The Hall–Kier alpha value is -0.860. The van der Waals surface area contributed by atoms with E-state index in [0.29, 0.717) is 0 Å². The van der Waals surface area contributed by atoms with Crippen LogP contribution in [0.15, 0.2) is 0 Å². The van der Waals surface area contributed by atoms with Crippen molar-refractivity contribution in [2.75, 3.05) is 25.6 Å². The lowest BCUT2D eigenvalue weighted by molar-refractivity contribution is -0.315. The molecule has 1 aliphatic rings. The fourth-order valence-corrected chi connectivity index (χ4v) is 3.52. The summed E-state index contributed by atoms with van der Waals surface area (Å²) in [6.45, 7) is 0.420. The number of halogens is 6. The minimum absolute atomic E-state index is 0.210. The van der Waals surface area contributed by atoms with E-state index in [2.05, 4.69) is 9.47 Å². The number of rotatable bonds is 5. The van der Waals surface area contributed by atoms with E-state index in [1.165, 1.54) is 21.1 Å². The van der Waals surface area contributed by atoms with Gasteiger partial charge in [0.15, 0.2) is 5.92 Å². The van der Waals surface area contributed by atoms with Gasteiger partial charge >= 0.3 is 24.7 Å². The lowest BCUT2D eigenvalue weighted by Crippen LogP contribution is -2.49. The summed E-state index contributed by atoms with van der Waals surface area (Å²) in [6, 6.07) is 0. The standard InChI is InChI=1S/C10H12F6N2O4S2/c1-23-17-3-4-18(24-2)6(17)5(7(19)21-9(11,12)13)8(20)22-10(14,15)16/h5-6H,3-4H2,1-2H3. The van der Waals surface area contributed by atoms with Gasteiger partial charge in [-0.15, -0.1) is 26.3 Å². The minimum Gasteiger partial charge on any atom is -0.372 e. The van der Waals surface area contributed by atoms with Crippen molar-refractivity contribution in [2.24, 2.45) is 5.92 Å². The van der Waals surface area contributed by atoms with Gasteiger partial charge in [-0.3, -0.25) is 9.59 Å². The van der Waals surface area contributed by atoms with Crippen molar-refractivity contribution >= 4 is 35.8 Å². The number of ether oxygens (including phenoxy) is 2. The van der Waals surface area contributed by atoms with Crippen LogP contribution in [-0.2, 0) is 19.1 Å². The number of alkyl halides is 6. The highest BCUT2D eigenvalue weighted by atomic mass is 32.2. The fourth-order valence-electron chi connectivity index (χ4n) is 2.03. The Balaban J connectivity index is 3.16. The lowest BCUT2D eigenvalue weighted by atomic mass is 10.1. The second-order valence-electron chi connectivity index (χ2n) is 4.27. The Morgan fingerprint density at radius 2 is 1.25 bits per heavy atom. The van der Waals surface area contributed by atoms with E-state index in [1.54, 1.807) is 0 Å². The highest BCUT2D eigenvalue weighted by molar-refractivity contribution is 7.97. The third-order valence-electron chi connectivity index (χ3n) is 2.84. The molecule has 0 atom stereocenters. The number of hydrogen-bond acceptors (Lipinski definition) is 8. The van der Waals surface area contributed by atoms with Crippen molar-refractivity contribution in [3.05, 3.63) is 0 Å². The van der Waals surface area contributed by atoms with Crippen molar-refractivity contribution in [1.29, 1.82) is 0 Å². The smallest absolute Gasteiger partial charge is 0.372 e. The first-order valence-electron chi connectivity index (χ1n) is 6.10. The molecule has 0 aromatic rings. The van der Waals surface area contributed by atoms with Crippen molar-refractivity contribution < 1.29 is 45.4 Å². The molecule has 140 valence electrons. The van der Waals surface area contributed by atoms with Crippen molar-refractivity contribution in [3.8, 4) is 0 Å². The van der Waals surface area contributed by atoms with Gasteiger partial charge in [-0.05, 0) is 12.5 Å². The molecule has 1 saturated heterocycles. The fraction of sp³-hybridized carbons (Fsp3) is 0.800. The summed E-state index contributed by atoms with van der Waals surface area (Å²) in [7, 11) is 0. The molecule has 0 N–H and O–H groups in total. The maximum Gasteiger partial charge on any atom is 0.575 e. The van der Waals surface area contributed by atoms with Crippen LogP contribution in [-0.4, -0.2) is 65.0 Å². The largest absolute Gasteiger partial charge is 0.575 e. The summed E-state index contributed by atoms with van der Waals surface area (Å²) in [5.41, 5.74) is 0. The van der Waals surface area contributed by atoms with Gasteiger partial charge in [-0.2, -0.15) is 0 Å². The Labute approximate surface area is 141 Å². The Bertz CT molecular complexity index is 435. The SMILES string of the molecule is CSN1CCN(SC)C1C(C(=O)OC(F)(F)F)C(=O)OC(F)(F)F. The van der Waals surface area contributed by atoms with Crippen LogP contribution in [0.5, 0.6) is 0 Å². The monoisotopic (exact) mass is 402 g/mol. The Morgan fingerprint density at radius 3 is 1.50 bits per heavy atom. The third kappa shape index (κ3) is 5.89. The molecule has 0 unspecified atom stereocenters. The molecular weight excluding hydrogens is 390 g/mol. The van der Waals surface area contributed by atoms with E-state index >= 15 is 0 Å². The van der Waals surface area contributed by atoms with Crippen molar-refractivity contribution in [2.45, 2.75) is 18.9 Å². The second-order valence-corrected chi connectivity index (χ2v) is 5.94. The molecule has 0 aromatic heterocycles. The number of esters is 2. The van der Waals surface area contributed by atoms with Gasteiger partial charge < -0.3 is 9.47 Å². The molecule has 0 bridgehead atoms. The number of carbonyl (C=O) groups excluding carboxylic acids is 2. The van der Waals surface area contributed by atoms with Gasteiger partial charge in [-0.1, -0.05) is 23.9 Å². The van der Waals surface area contributed by atoms with Crippen LogP contribution in [0.3, 0.4) is 0 Å². The van der Waals surface area contributed by atoms with Gasteiger partial charge in [0, 0.05) is 13.1 Å². The van der Waals surface area contributed by atoms with Gasteiger partial charge in [0.05, 0.1) is 0 Å². The second kappa shape index (κ2) is 8.01. The van der Waals surface area contributed by atoms with Crippen LogP contribution < -0.4 is 0 Å². The predicted octanol–water partition coefficient (Wildman–Crippen LogP) is 2.23. The van der Waals surface area contributed by atoms with Gasteiger partial charge in [0.25, 0.3) is 0 Å². The van der Waals surface area contributed by atoms with Crippen LogP contribution in [0.25, 0.3) is 0 Å². The van der Waals surface area contributed by atoms with Crippen LogP contribution in [0.1, 0.15) is 0 Å². The quantitative estimate of drug-likeness (QED) is 0.300. The van der Waals surface area contributed by atoms with E-state index in [0.717, 1.165) is 23.9 Å². The normalized spacial score (nSPS) is 18.2. The summed E-state index contributed by atoms with van der Waals surface area (Å²) in [6.07, 6.45) is -9.28. The summed E-state index contributed by atoms with van der Waals surface area (Å²) in [5.74, 6) is -6.78. The molecule has 0 amide bonds. The van der Waals surface area contributed by atoms with Crippen LogP contribution in [0.2, 0.25) is 0 Å². The Kier molecular flexibility index (Phi) is 7.07. The molecule has 0 radical (unpaired) electrons. The van der Waals surface area contributed by atoms with Gasteiger partial charge in [-0.25, -0.2) is 8.61 Å². The highest BCUT2D eigenvalue weighted by Crippen LogP contribution is 2.34. The summed E-state index contributed by atoms with van der Waals surface area (Å²) in [5, 5.41) is 0. The third-order valence-corrected chi connectivity index (χ3v) is 4.57. The maximum atomic E-state index is 12.3. The van der Waals surface area contributed by atoms with Crippen molar-refractivity contribution in [3.63, 3.8) is 0 Å². The molecule has 0 aromatic carbocycles. The molecule has 1 rings (SSSR count). The van der Waals surface area contributed by atoms with Gasteiger partial charge in [0.2, 0.25) is 0 Å². The lowest BCUT2D eigenvalue weighted by Gasteiger charge is -2.31. The zero-order valence-electron chi connectivity index (χ0n) is 12.2. The first-order chi connectivity index (χ1) is 10.9. The van der Waals surface area contributed by atoms with Crippen LogP contribution in [0, 0.1) is 5.92 Å². The molecule has 1 fully saturated rings. The molecule has 1 aliphatic heterocycles. The molecule has 0 saturated carbocycles.